The number of aryl methyl sites for hydroxylation is 1. The van der Waals surface area contributed by atoms with Crippen LogP contribution in [0.5, 0.6) is 0 Å². The summed E-state index contributed by atoms with van der Waals surface area (Å²) in [5.41, 5.74) is 0.636. The molecule has 1 fully saturated rings. The van der Waals surface area contributed by atoms with Crippen molar-refractivity contribution in [3.8, 4) is 10.6 Å². The Morgan fingerprint density at radius 1 is 1.20 bits per heavy atom. The minimum Gasteiger partial charge on any atom is -0.349 e. The summed E-state index contributed by atoms with van der Waals surface area (Å²) < 4.78 is 40.1. The predicted molar refractivity (Wildman–Crippen MR) is 133 cm³/mol. The van der Waals surface area contributed by atoms with Gasteiger partial charge >= 0.3 is 6.18 Å². The Kier molecular flexibility index (Phi) is 7.31. The fraction of sp³-hybridized carbons (Fsp3) is 0.440. The van der Waals surface area contributed by atoms with Crippen LogP contribution in [0.25, 0.3) is 10.6 Å². The normalized spacial score (nSPS) is 20.9. The van der Waals surface area contributed by atoms with E-state index in [0.29, 0.717) is 9.75 Å². The molecule has 3 aromatic rings. The van der Waals surface area contributed by atoms with Crippen molar-refractivity contribution in [2.75, 3.05) is 14.1 Å². The lowest BCUT2D eigenvalue weighted by atomic mass is 9.75. The average molecular weight is 525 g/mol. The highest BCUT2D eigenvalue weighted by Gasteiger charge is 2.38. The molecule has 0 saturated heterocycles. The Morgan fingerprint density at radius 3 is 2.43 bits per heavy atom. The van der Waals surface area contributed by atoms with E-state index in [2.05, 4.69) is 41.5 Å². The SMILES string of the molecule is CN(C)C1(Cc2ccc(Cl)cc2)CCC(NC(=O)c2ccc(-c3cc(C(F)(F)F)n(C)n3)s2)CC1. The number of alkyl halides is 3. The van der Waals surface area contributed by atoms with Gasteiger partial charge in [-0.2, -0.15) is 18.3 Å². The van der Waals surface area contributed by atoms with E-state index in [0.717, 1.165) is 59.2 Å². The van der Waals surface area contributed by atoms with E-state index in [-0.39, 0.29) is 23.2 Å². The molecule has 0 atom stereocenters. The zero-order valence-corrected chi connectivity index (χ0v) is 21.4. The van der Waals surface area contributed by atoms with E-state index >= 15 is 0 Å². The van der Waals surface area contributed by atoms with Gasteiger partial charge in [0.25, 0.3) is 5.91 Å². The van der Waals surface area contributed by atoms with Gasteiger partial charge in [0.15, 0.2) is 0 Å². The zero-order valence-electron chi connectivity index (χ0n) is 19.8. The Bertz CT molecular complexity index is 1180. The molecule has 1 aliphatic carbocycles. The average Bonchev–Trinajstić information content (AvgIpc) is 3.43. The van der Waals surface area contributed by atoms with Gasteiger partial charge in [-0.25, -0.2) is 0 Å². The Labute approximate surface area is 211 Å². The van der Waals surface area contributed by atoms with Crippen molar-refractivity contribution in [1.29, 1.82) is 0 Å². The number of benzene rings is 1. The smallest absolute Gasteiger partial charge is 0.349 e. The largest absolute Gasteiger partial charge is 0.433 e. The fourth-order valence-electron chi connectivity index (χ4n) is 4.77. The predicted octanol–water partition coefficient (Wildman–Crippen LogP) is 6.04. The van der Waals surface area contributed by atoms with E-state index in [1.807, 2.05) is 12.1 Å². The molecule has 1 N–H and O–H groups in total. The van der Waals surface area contributed by atoms with Gasteiger partial charge in [0, 0.05) is 23.7 Å². The number of rotatable bonds is 6. The quantitative estimate of drug-likeness (QED) is 0.428. The molecule has 4 rings (SSSR count). The van der Waals surface area contributed by atoms with Gasteiger partial charge in [0.1, 0.15) is 11.4 Å². The second kappa shape index (κ2) is 9.95. The second-order valence-electron chi connectivity index (χ2n) is 9.37. The molecule has 1 saturated carbocycles. The number of aromatic nitrogens is 2. The number of halogens is 4. The fourth-order valence-corrected chi connectivity index (χ4v) is 5.76. The number of nitrogens with one attached hydrogen (secondary N) is 1. The van der Waals surface area contributed by atoms with Crippen molar-refractivity contribution in [2.24, 2.45) is 7.05 Å². The Hall–Kier alpha value is -2.36. The van der Waals surface area contributed by atoms with Crippen molar-refractivity contribution in [1.82, 2.24) is 20.0 Å². The van der Waals surface area contributed by atoms with Gasteiger partial charge in [0.05, 0.1) is 9.75 Å². The van der Waals surface area contributed by atoms with Gasteiger partial charge in [0.2, 0.25) is 0 Å². The monoisotopic (exact) mass is 524 g/mol. The number of carbonyl (C=O) groups is 1. The lowest BCUT2D eigenvalue weighted by Gasteiger charge is -2.45. The van der Waals surface area contributed by atoms with Crippen LogP contribution in [0.4, 0.5) is 13.2 Å². The molecule has 0 spiro atoms. The van der Waals surface area contributed by atoms with Gasteiger partial charge in [-0.3, -0.25) is 9.48 Å². The van der Waals surface area contributed by atoms with Crippen LogP contribution >= 0.6 is 22.9 Å². The van der Waals surface area contributed by atoms with Crippen LogP contribution in [-0.4, -0.2) is 46.3 Å². The molecule has 2 aromatic heterocycles. The van der Waals surface area contributed by atoms with Crippen LogP contribution in [0.2, 0.25) is 5.02 Å². The third-order valence-corrected chi connectivity index (χ3v) is 8.26. The topological polar surface area (TPSA) is 50.2 Å². The van der Waals surface area contributed by atoms with Crippen LogP contribution in [-0.2, 0) is 19.6 Å². The molecular weight excluding hydrogens is 497 g/mol. The molecule has 188 valence electrons. The maximum Gasteiger partial charge on any atom is 0.433 e. The molecular formula is C25H28ClF3N4OS. The summed E-state index contributed by atoms with van der Waals surface area (Å²) in [5.74, 6) is -0.201. The number of nitrogens with zero attached hydrogens (tertiary/aromatic N) is 3. The van der Waals surface area contributed by atoms with E-state index in [1.165, 1.54) is 12.6 Å². The molecule has 5 nitrogen and oxygen atoms in total. The van der Waals surface area contributed by atoms with Crippen LogP contribution in [0.15, 0.2) is 42.5 Å². The highest BCUT2D eigenvalue weighted by molar-refractivity contribution is 7.17. The molecule has 0 unspecified atom stereocenters. The first kappa shape index (κ1) is 25.7. The minimum absolute atomic E-state index is 0.0142. The number of carbonyl (C=O) groups excluding carboxylic acids is 1. The third kappa shape index (κ3) is 5.73. The van der Waals surface area contributed by atoms with Gasteiger partial charge in [-0.1, -0.05) is 23.7 Å². The second-order valence-corrected chi connectivity index (χ2v) is 10.9. The van der Waals surface area contributed by atoms with Crippen LogP contribution in [0.3, 0.4) is 0 Å². The van der Waals surface area contributed by atoms with Gasteiger partial charge in [-0.15, -0.1) is 11.3 Å². The summed E-state index contributed by atoms with van der Waals surface area (Å²) in [5, 5.41) is 7.81. The summed E-state index contributed by atoms with van der Waals surface area (Å²) in [6, 6.07) is 12.3. The van der Waals surface area contributed by atoms with Crippen LogP contribution in [0.1, 0.15) is 46.6 Å². The molecule has 10 heteroatoms. The van der Waals surface area contributed by atoms with E-state index in [9.17, 15) is 18.0 Å². The van der Waals surface area contributed by atoms with Crippen molar-refractivity contribution >= 4 is 28.8 Å². The number of hydrogen-bond donors (Lipinski definition) is 1. The maximum atomic E-state index is 13.1. The van der Waals surface area contributed by atoms with E-state index in [1.54, 1.807) is 12.1 Å². The molecule has 0 aliphatic heterocycles. The highest BCUT2D eigenvalue weighted by Crippen LogP contribution is 2.37. The molecule has 0 radical (unpaired) electrons. The van der Waals surface area contributed by atoms with Crippen LogP contribution < -0.4 is 5.32 Å². The summed E-state index contributed by atoms with van der Waals surface area (Å²) in [7, 11) is 5.46. The standard InChI is InChI=1S/C25H28ClF3N4OS/c1-32(2)24(15-16-4-6-17(26)7-5-16)12-10-18(11-13-24)30-23(34)21-9-8-20(35-21)19-14-22(25(27,28)29)33(3)31-19/h4-9,14,18H,10-13,15H2,1-3H3,(H,30,34). The minimum atomic E-state index is -4.48. The Morgan fingerprint density at radius 2 is 1.86 bits per heavy atom. The summed E-state index contributed by atoms with van der Waals surface area (Å²) >= 11 is 7.18. The summed E-state index contributed by atoms with van der Waals surface area (Å²) in [6.07, 6.45) is 0.0224. The van der Waals surface area contributed by atoms with Crippen LogP contribution in [0, 0.1) is 0 Å². The zero-order chi connectivity index (χ0) is 25.4. The van der Waals surface area contributed by atoms with Gasteiger partial charge < -0.3 is 10.2 Å². The first-order valence-corrected chi connectivity index (χ1v) is 12.6. The number of amides is 1. The molecule has 35 heavy (non-hydrogen) atoms. The van der Waals surface area contributed by atoms with Crippen molar-refractivity contribution < 1.29 is 18.0 Å². The van der Waals surface area contributed by atoms with Gasteiger partial charge in [-0.05, 0) is 82.1 Å². The molecule has 0 bridgehead atoms. The third-order valence-electron chi connectivity index (χ3n) is 6.90. The number of thiophene rings is 1. The number of likely N-dealkylation sites (N-methyl/N-ethyl adjacent to an activating group) is 1. The van der Waals surface area contributed by atoms with E-state index < -0.39 is 11.9 Å². The maximum absolute atomic E-state index is 13.1. The number of hydrogen-bond acceptors (Lipinski definition) is 4. The first-order chi connectivity index (χ1) is 16.5. The van der Waals surface area contributed by atoms with Crippen molar-refractivity contribution in [3.63, 3.8) is 0 Å². The molecule has 2 heterocycles. The Balaban J connectivity index is 1.38. The first-order valence-electron chi connectivity index (χ1n) is 11.4. The molecule has 1 amide bonds. The van der Waals surface area contributed by atoms with Crippen molar-refractivity contribution in [2.45, 2.75) is 49.9 Å². The lowest BCUT2D eigenvalue weighted by Crippen LogP contribution is -2.52. The van der Waals surface area contributed by atoms with E-state index in [4.69, 9.17) is 11.6 Å². The highest BCUT2D eigenvalue weighted by atomic mass is 35.5. The summed E-state index contributed by atoms with van der Waals surface area (Å²) in [6.45, 7) is 0. The summed E-state index contributed by atoms with van der Waals surface area (Å²) in [4.78, 5) is 16.2. The lowest BCUT2D eigenvalue weighted by molar-refractivity contribution is -0.143. The molecule has 1 aromatic carbocycles. The van der Waals surface area contributed by atoms with Crippen molar-refractivity contribution in [3.05, 3.63) is 63.6 Å². The molecule has 1 aliphatic rings.